The van der Waals surface area contributed by atoms with Crippen molar-refractivity contribution in [3.05, 3.63) is 45.5 Å². The SMILES string of the molecule is COCC1CC(C)=C(C(=O)O)C(C)(c2ccc(Cl)c(C(F)(F)F)c2)C1. The standard InChI is InChI=1S/C18H20ClF3O3/c1-10-6-11(9-25-3)8-17(2,15(10)16(23)24)12-4-5-14(19)13(7-12)18(20,21)22/h4-5,7,11H,6,8-9H2,1-3H3,(H,23,24). The lowest BCUT2D eigenvalue weighted by molar-refractivity contribution is -0.137. The number of carboxylic acid groups (broad SMARTS) is 1. The van der Waals surface area contributed by atoms with Crippen molar-refractivity contribution in [2.24, 2.45) is 5.92 Å². The molecule has 138 valence electrons. The smallest absolute Gasteiger partial charge is 0.417 e. The van der Waals surface area contributed by atoms with Crippen molar-refractivity contribution in [1.29, 1.82) is 0 Å². The summed E-state index contributed by atoms with van der Waals surface area (Å²) < 4.78 is 44.8. The number of halogens is 4. The minimum atomic E-state index is -4.60. The molecule has 0 aliphatic heterocycles. The lowest BCUT2D eigenvalue weighted by Gasteiger charge is -2.40. The fourth-order valence-corrected chi connectivity index (χ4v) is 4.10. The van der Waals surface area contributed by atoms with E-state index in [0.29, 0.717) is 30.6 Å². The van der Waals surface area contributed by atoms with Crippen molar-refractivity contribution in [3.63, 3.8) is 0 Å². The Kier molecular flexibility index (Phi) is 5.54. The number of aliphatic carboxylic acids is 1. The van der Waals surface area contributed by atoms with E-state index in [4.69, 9.17) is 16.3 Å². The molecule has 0 saturated carbocycles. The second-order valence-corrected chi connectivity index (χ2v) is 7.12. The molecule has 7 heteroatoms. The number of rotatable bonds is 4. The van der Waals surface area contributed by atoms with Crippen molar-refractivity contribution in [2.45, 2.75) is 38.3 Å². The van der Waals surface area contributed by atoms with Crippen LogP contribution in [0.1, 0.15) is 37.8 Å². The molecule has 0 amide bonds. The summed E-state index contributed by atoms with van der Waals surface area (Å²) in [6.07, 6.45) is -3.67. The van der Waals surface area contributed by atoms with E-state index >= 15 is 0 Å². The van der Waals surface area contributed by atoms with Gasteiger partial charge >= 0.3 is 12.1 Å². The topological polar surface area (TPSA) is 46.5 Å². The Morgan fingerprint density at radius 1 is 1.44 bits per heavy atom. The molecule has 0 heterocycles. The van der Waals surface area contributed by atoms with Crippen molar-refractivity contribution < 1.29 is 27.8 Å². The van der Waals surface area contributed by atoms with Gasteiger partial charge in [-0.2, -0.15) is 13.2 Å². The molecule has 25 heavy (non-hydrogen) atoms. The van der Waals surface area contributed by atoms with Gasteiger partial charge < -0.3 is 9.84 Å². The zero-order valence-electron chi connectivity index (χ0n) is 14.2. The molecular formula is C18H20ClF3O3. The third-order valence-corrected chi connectivity index (χ3v) is 5.13. The molecule has 1 aromatic rings. The highest BCUT2D eigenvalue weighted by Crippen LogP contribution is 2.47. The van der Waals surface area contributed by atoms with Gasteiger partial charge in [0, 0.05) is 24.7 Å². The predicted molar refractivity (Wildman–Crippen MR) is 88.7 cm³/mol. The molecule has 1 N–H and O–H groups in total. The lowest BCUT2D eigenvalue weighted by Crippen LogP contribution is -2.37. The Hall–Kier alpha value is -1.53. The number of carbonyl (C=O) groups is 1. The number of benzene rings is 1. The van der Waals surface area contributed by atoms with Gasteiger partial charge in [0.1, 0.15) is 0 Å². The van der Waals surface area contributed by atoms with Gasteiger partial charge in [0.25, 0.3) is 0 Å². The largest absolute Gasteiger partial charge is 0.478 e. The lowest BCUT2D eigenvalue weighted by atomic mass is 9.64. The van der Waals surface area contributed by atoms with Crippen LogP contribution >= 0.6 is 11.6 Å². The fraction of sp³-hybridized carbons (Fsp3) is 0.500. The number of alkyl halides is 3. The fourth-order valence-electron chi connectivity index (χ4n) is 3.88. The maximum atomic E-state index is 13.2. The quantitative estimate of drug-likeness (QED) is 0.797. The Labute approximate surface area is 149 Å². The summed E-state index contributed by atoms with van der Waals surface area (Å²) >= 11 is 5.70. The summed E-state index contributed by atoms with van der Waals surface area (Å²) in [5, 5.41) is 9.27. The molecule has 0 radical (unpaired) electrons. The molecule has 0 aromatic heterocycles. The number of allylic oxidation sites excluding steroid dienone is 1. The van der Waals surface area contributed by atoms with E-state index < -0.39 is 28.1 Å². The van der Waals surface area contributed by atoms with Crippen LogP contribution in [0.2, 0.25) is 5.02 Å². The average Bonchev–Trinajstić information content (AvgIpc) is 2.45. The molecule has 2 unspecified atom stereocenters. The number of hydrogen-bond acceptors (Lipinski definition) is 2. The molecule has 0 fully saturated rings. The molecule has 0 spiro atoms. The van der Waals surface area contributed by atoms with Gasteiger partial charge in [0.15, 0.2) is 0 Å². The Bertz CT molecular complexity index is 712. The maximum Gasteiger partial charge on any atom is 0.417 e. The maximum absolute atomic E-state index is 13.2. The van der Waals surface area contributed by atoms with Crippen LogP contribution < -0.4 is 0 Å². The number of ether oxygens (including phenoxy) is 1. The minimum Gasteiger partial charge on any atom is -0.478 e. The van der Waals surface area contributed by atoms with Crippen LogP contribution in [-0.2, 0) is 21.1 Å². The Morgan fingerprint density at radius 2 is 2.08 bits per heavy atom. The summed E-state index contributed by atoms with van der Waals surface area (Å²) in [5.41, 5.74) is -0.907. The van der Waals surface area contributed by atoms with Gasteiger partial charge in [0.05, 0.1) is 10.6 Å². The molecule has 2 rings (SSSR count). The van der Waals surface area contributed by atoms with E-state index in [1.807, 2.05) is 0 Å². The van der Waals surface area contributed by atoms with E-state index in [0.717, 1.165) is 6.07 Å². The van der Waals surface area contributed by atoms with Crippen LogP contribution in [0, 0.1) is 5.92 Å². The molecule has 2 atom stereocenters. The van der Waals surface area contributed by atoms with E-state index in [1.54, 1.807) is 21.0 Å². The third-order valence-electron chi connectivity index (χ3n) is 4.80. The van der Waals surface area contributed by atoms with Crippen LogP contribution in [0.25, 0.3) is 0 Å². The first kappa shape index (κ1) is 19.8. The molecule has 0 bridgehead atoms. The Balaban J connectivity index is 2.63. The van der Waals surface area contributed by atoms with Crippen LogP contribution in [0.4, 0.5) is 13.2 Å². The summed E-state index contributed by atoms with van der Waals surface area (Å²) in [7, 11) is 1.55. The van der Waals surface area contributed by atoms with Gasteiger partial charge in [-0.1, -0.05) is 30.2 Å². The van der Waals surface area contributed by atoms with Gasteiger partial charge in [-0.15, -0.1) is 0 Å². The average molecular weight is 377 g/mol. The zero-order valence-corrected chi connectivity index (χ0v) is 15.0. The van der Waals surface area contributed by atoms with Crippen LogP contribution in [0.3, 0.4) is 0 Å². The number of methoxy groups -OCH3 is 1. The number of hydrogen-bond donors (Lipinski definition) is 1. The van der Waals surface area contributed by atoms with Crippen molar-refractivity contribution in [1.82, 2.24) is 0 Å². The summed E-state index contributed by atoms with van der Waals surface area (Å²) in [4.78, 5) is 11.8. The van der Waals surface area contributed by atoms with Crippen molar-refractivity contribution in [2.75, 3.05) is 13.7 Å². The Morgan fingerprint density at radius 3 is 2.60 bits per heavy atom. The van der Waals surface area contributed by atoms with E-state index in [-0.39, 0.29) is 11.5 Å². The van der Waals surface area contributed by atoms with Crippen LogP contribution in [-0.4, -0.2) is 24.8 Å². The van der Waals surface area contributed by atoms with Crippen molar-refractivity contribution >= 4 is 17.6 Å². The first-order valence-electron chi connectivity index (χ1n) is 7.80. The minimum absolute atomic E-state index is 0.0307. The monoisotopic (exact) mass is 376 g/mol. The second-order valence-electron chi connectivity index (χ2n) is 6.71. The first-order chi connectivity index (χ1) is 11.5. The van der Waals surface area contributed by atoms with Crippen molar-refractivity contribution in [3.8, 4) is 0 Å². The zero-order chi connectivity index (χ0) is 19.0. The normalized spacial score (nSPS) is 24.5. The van der Waals surface area contributed by atoms with E-state index in [1.165, 1.54) is 12.1 Å². The molecule has 1 aliphatic rings. The molecule has 1 aromatic carbocycles. The number of carboxylic acids is 1. The summed E-state index contributed by atoms with van der Waals surface area (Å²) in [5.74, 6) is -1.08. The third kappa shape index (κ3) is 3.85. The first-order valence-corrected chi connectivity index (χ1v) is 8.18. The summed E-state index contributed by atoms with van der Waals surface area (Å²) in [6.45, 7) is 3.80. The highest BCUT2D eigenvalue weighted by Gasteiger charge is 2.43. The molecular weight excluding hydrogens is 357 g/mol. The molecule has 0 saturated heterocycles. The highest BCUT2D eigenvalue weighted by molar-refractivity contribution is 6.31. The van der Waals surface area contributed by atoms with Gasteiger partial charge in [-0.05, 0) is 43.4 Å². The van der Waals surface area contributed by atoms with Gasteiger partial charge in [0.2, 0.25) is 0 Å². The highest BCUT2D eigenvalue weighted by atomic mass is 35.5. The van der Waals surface area contributed by atoms with Gasteiger partial charge in [-0.3, -0.25) is 0 Å². The summed E-state index contributed by atoms with van der Waals surface area (Å²) in [6, 6.07) is 3.62. The molecule has 1 aliphatic carbocycles. The van der Waals surface area contributed by atoms with Crippen LogP contribution in [0.15, 0.2) is 29.3 Å². The van der Waals surface area contributed by atoms with Crippen LogP contribution in [0.5, 0.6) is 0 Å². The second kappa shape index (κ2) is 7.00. The van der Waals surface area contributed by atoms with Gasteiger partial charge in [-0.25, -0.2) is 4.79 Å². The van der Waals surface area contributed by atoms with E-state index in [2.05, 4.69) is 0 Å². The molecule has 3 nitrogen and oxygen atoms in total. The predicted octanol–water partition coefficient (Wildman–Crippen LogP) is 5.07. The van der Waals surface area contributed by atoms with E-state index in [9.17, 15) is 23.1 Å².